The molecule has 1 N–H and O–H groups in total. The standard InChI is InChI=1S/C27H34N4O2/c1-18(32)28-23-7-4-9-25-22(23)10-13-30(25)17-26(33)31-12-5-6-19-14-20-15-21(27(19)31)16-29-11-3-2-8-24(20)29/h4,7,9-10,13-14,20-21,24,27H,2-3,5-6,8,11-12,15-17H2,1H3,(H,28,32)/t20-,21+,24?,27?/m1/s1. The van der Waals surface area contributed by atoms with Crippen molar-refractivity contribution in [3.63, 3.8) is 0 Å². The minimum atomic E-state index is -0.0852. The zero-order chi connectivity index (χ0) is 22.5. The van der Waals surface area contributed by atoms with E-state index in [1.807, 2.05) is 35.0 Å². The molecule has 1 aliphatic carbocycles. The number of anilines is 1. The molecule has 6 rings (SSSR count). The van der Waals surface area contributed by atoms with E-state index >= 15 is 0 Å². The maximum Gasteiger partial charge on any atom is 0.243 e. The topological polar surface area (TPSA) is 57.6 Å². The van der Waals surface area contributed by atoms with Crippen molar-refractivity contribution >= 4 is 28.4 Å². The third kappa shape index (κ3) is 3.68. The maximum atomic E-state index is 13.7. The van der Waals surface area contributed by atoms with Crippen molar-refractivity contribution in [1.82, 2.24) is 14.4 Å². The van der Waals surface area contributed by atoms with E-state index in [2.05, 4.69) is 21.2 Å². The number of benzene rings is 1. The van der Waals surface area contributed by atoms with Gasteiger partial charge >= 0.3 is 0 Å². The van der Waals surface area contributed by atoms with Gasteiger partial charge in [0, 0.05) is 37.6 Å². The van der Waals surface area contributed by atoms with Gasteiger partial charge < -0.3 is 14.8 Å². The minimum Gasteiger partial charge on any atom is -0.338 e. The number of carbonyl (C=O) groups is 2. The lowest BCUT2D eigenvalue weighted by atomic mass is 9.68. The molecule has 33 heavy (non-hydrogen) atoms. The summed E-state index contributed by atoms with van der Waals surface area (Å²) in [5, 5.41) is 3.88. The Morgan fingerprint density at radius 3 is 2.91 bits per heavy atom. The number of fused-ring (bicyclic) bond motifs is 7. The number of aromatic nitrogens is 1. The maximum absolute atomic E-state index is 13.7. The van der Waals surface area contributed by atoms with Gasteiger partial charge in [-0.2, -0.15) is 0 Å². The Balaban J connectivity index is 1.25. The molecule has 2 bridgehead atoms. The highest BCUT2D eigenvalue weighted by molar-refractivity contribution is 6.01. The summed E-state index contributed by atoms with van der Waals surface area (Å²) in [5.41, 5.74) is 3.32. The second-order valence-electron chi connectivity index (χ2n) is 10.5. The molecule has 0 radical (unpaired) electrons. The van der Waals surface area contributed by atoms with E-state index in [1.54, 1.807) is 0 Å². The highest BCUT2D eigenvalue weighted by Gasteiger charge is 2.46. The van der Waals surface area contributed by atoms with E-state index in [4.69, 9.17) is 0 Å². The van der Waals surface area contributed by atoms with Crippen molar-refractivity contribution in [2.45, 2.75) is 64.1 Å². The van der Waals surface area contributed by atoms with Crippen molar-refractivity contribution in [2.24, 2.45) is 11.8 Å². The first-order valence-electron chi connectivity index (χ1n) is 12.7. The third-order valence-corrected chi connectivity index (χ3v) is 8.41. The largest absolute Gasteiger partial charge is 0.338 e. The van der Waals surface area contributed by atoms with Gasteiger partial charge in [0.15, 0.2) is 0 Å². The van der Waals surface area contributed by atoms with Gasteiger partial charge in [0.1, 0.15) is 6.54 Å². The van der Waals surface area contributed by atoms with Gasteiger partial charge in [-0.05, 0) is 68.7 Å². The van der Waals surface area contributed by atoms with Crippen LogP contribution in [0.3, 0.4) is 0 Å². The van der Waals surface area contributed by atoms with Crippen LogP contribution in [0.25, 0.3) is 10.9 Å². The smallest absolute Gasteiger partial charge is 0.243 e. The van der Waals surface area contributed by atoms with E-state index in [1.165, 1.54) is 44.7 Å². The van der Waals surface area contributed by atoms with Crippen molar-refractivity contribution in [3.05, 3.63) is 42.1 Å². The summed E-state index contributed by atoms with van der Waals surface area (Å²) in [6.45, 7) is 5.11. The van der Waals surface area contributed by atoms with Crippen LogP contribution in [0.1, 0.15) is 45.4 Å². The monoisotopic (exact) mass is 446 g/mol. The zero-order valence-electron chi connectivity index (χ0n) is 19.5. The fourth-order valence-electron chi connectivity index (χ4n) is 7.15. The average Bonchev–Trinajstić information content (AvgIpc) is 3.22. The Bertz CT molecular complexity index is 1120. The number of amides is 2. The van der Waals surface area contributed by atoms with Crippen molar-refractivity contribution in [2.75, 3.05) is 25.0 Å². The number of nitrogens with one attached hydrogen (secondary N) is 1. The molecule has 0 saturated carbocycles. The lowest BCUT2D eigenvalue weighted by Crippen LogP contribution is -2.60. The van der Waals surface area contributed by atoms with Crippen LogP contribution in [0.5, 0.6) is 0 Å². The van der Waals surface area contributed by atoms with E-state index in [0.29, 0.717) is 18.4 Å². The quantitative estimate of drug-likeness (QED) is 0.725. The van der Waals surface area contributed by atoms with Gasteiger partial charge in [-0.3, -0.25) is 14.5 Å². The Hall–Kier alpha value is -2.60. The van der Waals surface area contributed by atoms with E-state index in [-0.39, 0.29) is 17.9 Å². The number of likely N-dealkylation sites (tertiary alicyclic amines) is 1. The lowest BCUT2D eigenvalue weighted by molar-refractivity contribution is -0.136. The summed E-state index contributed by atoms with van der Waals surface area (Å²) in [6.07, 6.45) is 12.1. The molecule has 6 heteroatoms. The van der Waals surface area contributed by atoms with Crippen LogP contribution in [0, 0.1) is 11.8 Å². The Morgan fingerprint density at radius 1 is 1.12 bits per heavy atom. The normalized spacial score (nSPS) is 29.2. The van der Waals surface area contributed by atoms with Gasteiger partial charge in [0.2, 0.25) is 11.8 Å². The van der Waals surface area contributed by atoms with Crippen molar-refractivity contribution < 1.29 is 9.59 Å². The van der Waals surface area contributed by atoms with Crippen LogP contribution in [-0.2, 0) is 16.1 Å². The molecule has 174 valence electrons. The Morgan fingerprint density at radius 2 is 2.03 bits per heavy atom. The molecule has 0 spiro atoms. The number of nitrogens with zero attached hydrogens (tertiary/aromatic N) is 3. The van der Waals surface area contributed by atoms with Gasteiger partial charge in [-0.15, -0.1) is 0 Å². The van der Waals surface area contributed by atoms with Crippen LogP contribution in [0.4, 0.5) is 5.69 Å². The summed E-state index contributed by atoms with van der Waals surface area (Å²) in [4.78, 5) is 30.2. The fraction of sp³-hybridized carbons (Fsp3) is 0.556. The van der Waals surface area contributed by atoms with Crippen LogP contribution < -0.4 is 5.32 Å². The van der Waals surface area contributed by atoms with Gasteiger partial charge in [0.25, 0.3) is 0 Å². The molecule has 1 aromatic carbocycles. The third-order valence-electron chi connectivity index (χ3n) is 8.41. The molecule has 4 atom stereocenters. The van der Waals surface area contributed by atoms with Gasteiger partial charge in [-0.1, -0.05) is 24.1 Å². The summed E-state index contributed by atoms with van der Waals surface area (Å²) in [5.74, 6) is 1.39. The predicted octanol–water partition coefficient (Wildman–Crippen LogP) is 4.02. The summed E-state index contributed by atoms with van der Waals surface area (Å²) in [6, 6.07) is 8.89. The van der Waals surface area contributed by atoms with Crippen LogP contribution in [-0.4, -0.2) is 57.9 Å². The minimum absolute atomic E-state index is 0.0852. The first-order valence-corrected chi connectivity index (χ1v) is 12.7. The second kappa shape index (κ2) is 8.32. The first-order chi connectivity index (χ1) is 16.1. The summed E-state index contributed by atoms with van der Waals surface area (Å²) < 4.78 is 2.04. The van der Waals surface area contributed by atoms with E-state index in [0.717, 1.165) is 48.6 Å². The average molecular weight is 447 g/mol. The number of hydrogen-bond donors (Lipinski definition) is 1. The Labute approximate surface area is 195 Å². The van der Waals surface area contributed by atoms with Crippen molar-refractivity contribution in [3.8, 4) is 0 Å². The summed E-state index contributed by atoms with van der Waals surface area (Å²) in [7, 11) is 0. The van der Waals surface area contributed by atoms with Crippen LogP contribution >= 0.6 is 0 Å². The molecule has 2 aromatic rings. The van der Waals surface area contributed by atoms with Gasteiger partial charge in [0.05, 0.1) is 17.2 Å². The molecule has 3 fully saturated rings. The molecule has 2 unspecified atom stereocenters. The van der Waals surface area contributed by atoms with Crippen LogP contribution in [0.2, 0.25) is 0 Å². The number of hydrogen-bond acceptors (Lipinski definition) is 3. The highest BCUT2D eigenvalue weighted by Crippen LogP contribution is 2.45. The molecule has 4 aliphatic rings. The van der Waals surface area contributed by atoms with Gasteiger partial charge in [-0.25, -0.2) is 0 Å². The van der Waals surface area contributed by atoms with Crippen molar-refractivity contribution in [1.29, 1.82) is 0 Å². The fourth-order valence-corrected chi connectivity index (χ4v) is 7.15. The summed E-state index contributed by atoms with van der Waals surface area (Å²) >= 11 is 0. The zero-order valence-corrected chi connectivity index (χ0v) is 19.5. The van der Waals surface area contributed by atoms with E-state index in [9.17, 15) is 9.59 Å². The molecule has 3 aliphatic heterocycles. The molecular weight excluding hydrogens is 412 g/mol. The predicted molar refractivity (Wildman–Crippen MR) is 130 cm³/mol. The SMILES string of the molecule is CC(=O)Nc1cccc2c1ccn2CC(=O)N1CCCC2=C[C@@H]3C[C@@H](CN4CCCCC34)C21. The van der Waals surface area contributed by atoms with Crippen LogP contribution in [0.15, 0.2) is 42.1 Å². The molecular formula is C27H34N4O2. The molecule has 1 aromatic heterocycles. The molecule has 2 amide bonds. The molecule has 6 nitrogen and oxygen atoms in total. The Kier molecular flexibility index (Phi) is 5.28. The number of piperidine rings is 3. The lowest BCUT2D eigenvalue weighted by Gasteiger charge is -2.54. The highest BCUT2D eigenvalue weighted by atomic mass is 16.2. The molecule has 3 saturated heterocycles. The second-order valence-corrected chi connectivity index (χ2v) is 10.5. The number of rotatable bonds is 3. The first kappa shape index (κ1) is 21.0. The van der Waals surface area contributed by atoms with E-state index < -0.39 is 0 Å². The number of carbonyl (C=O) groups excluding carboxylic acids is 2. The molecule has 4 heterocycles.